The molecule has 2 rings (SSSR count). The van der Waals surface area contributed by atoms with Gasteiger partial charge in [-0.2, -0.15) is 0 Å². The molecule has 0 bridgehead atoms. The fraction of sp³-hybridized carbons (Fsp3) is 0.231. The summed E-state index contributed by atoms with van der Waals surface area (Å²) < 4.78 is 1.01. The summed E-state index contributed by atoms with van der Waals surface area (Å²) in [5.74, 6) is 4.49. The van der Waals surface area contributed by atoms with Crippen LogP contribution in [0.1, 0.15) is 15.2 Å². The van der Waals surface area contributed by atoms with E-state index in [0.717, 1.165) is 15.6 Å². The first-order valence-electron chi connectivity index (χ1n) is 6.01. The van der Waals surface area contributed by atoms with E-state index in [-0.39, 0.29) is 12.5 Å². The highest BCUT2D eigenvalue weighted by Gasteiger charge is 2.19. The number of thiophene rings is 1. The van der Waals surface area contributed by atoms with Crippen molar-refractivity contribution in [3.8, 4) is 0 Å². The SMILES string of the molecule is CN(CC(N)=O)Cc1c(C(=O)NN)sc2ccccc12. The van der Waals surface area contributed by atoms with Gasteiger partial charge >= 0.3 is 0 Å². The van der Waals surface area contributed by atoms with Gasteiger partial charge < -0.3 is 5.73 Å². The molecule has 0 aliphatic heterocycles. The van der Waals surface area contributed by atoms with Crippen LogP contribution in [0.25, 0.3) is 10.1 Å². The molecule has 2 amide bonds. The van der Waals surface area contributed by atoms with Gasteiger partial charge in [-0.25, -0.2) is 5.84 Å². The van der Waals surface area contributed by atoms with Crippen LogP contribution in [0, 0.1) is 0 Å². The van der Waals surface area contributed by atoms with Crippen LogP contribution >= 0.6 is 11.3 Å². The van der Waals surface area contributed by atoms with Crippen LogP contribution in [-0.2, 0) is 11.3 Å². The summed E-state index contributed by atoms with van der Waals surface area (Å²) >= 11 is 1.38. The smallest absolute Gasteiger partial charge is 0.275 e. The number of nitrogens with one attached hydrogen (secondary N) is 1. The van der Waals surface area contributed by atoms with Gasteiger partial charge in [0, 0.05) is 11.2 Å². The Morgan fingerprint density at radius 2 is 2.05 bits per heavy atom. The number of carbonyl (C=O) groups is 2. The van der Waals surface area contributed by atoms with Crippen LogP contribution in [0.3, 0.4) is 0 Å². The Hall–Kier alpha value is -1.96. The quantitative estimate of drug-likeness (QED) is 0.422. The van der Waals surface area contributed by atoms with Crippen molar-refractivity contribution >= 4 is 33.2 Å². The lowest BCUT2D eigenvalue weighted by atomic mass is 10.1. The number of fused-ring (bicyclic) bond motifs is 1. The Bertz CT molecular complexity index is 653. The van der Waals surface area contributed by atoms with E-state index in [4.69, 9.17) is 11.6 Å². The van der Waals surface area contributed by atoms with Gasteiger partial charge in [-0.15, -0.1) is 11.3 Å². The van der Waals surface area contributed by atoms with Gasteiger partial charge in [0.2, 0.25) is 5.91 Å². The summed E-state index contributed by atoms with van der Waals surface area (Å²) in [6, 6.07) is 7.73. The average Bonchev–Trinajstić information content (AvgIpc) is 2.76. The molecule has 106 valence electrons. The van der Waals surface area contributed by atoms with Crippen molar-refractivity contribution < 1.29 is 9.59 Å². The Morgan fingerprint density at radius 3 is 2.70 bits per heavy atom. The van der Waals surface area contributed by atoms with Gasteiger partial charge in [-0.1, -0.05) is 18.2 Å². The van der Waals surface area contributed by atoms with Crippen molar-refractivity contribution in [2.45, 2.75) is 6.54 Å². The number of primary amides is 1. The number of nitrogens with two attached hydrogens (primary N) is 2. The number of nitrogens with zero attached hydrogens (tertiary/aromatic N) is 1. The number of nitrogen functional groups attached to an aromatic ring is 1. The number of rotatable bonds is 5. The molecule has 0 atom stereocenters. The van der Waals surface area contributed by atoms with Gasteiger partial charge in [0.05, 0.1) is 11.4 Å². The molecule has 7 heteroatoms. The maximum absolute atomic E-state index is 11.9. The minimum absolute atomic E-state index is 0.133. The highest BCUT2D eigenvalue weighted by molar-refractivity contribution is 7.21. The van der Waals surface area contributed by atoms with Crippen molar-refractivity contribution in [3.63, 3.8) is 0 Å². The first-order valence-corrected chi connectivity index (χ1v) is 6.82. The zero-order chi connectivity index (χ0) is 14.7. The third-order valence-corrected chi connectivity index (χ3v) is 4.10. The van der Waals surface area contributed by atoms with Gasteiger partial charge in [0.1, 0.15) is 0 Å². The normalized spacial score (nSPS) is 10.9. The van der Waals surface area contributed by atoms with Crippen LogP contribution in [0.15, 0.2) is 24.3 Å². The van der Waals surface area contributed by atoms with E-state index in [9.17, 15) is 9.59 Å². The predicted octanol–water partition coefficient (Wildman–Crippen LogP) is 0.422. The fourth-order valence-electron chi connectivity index (χ4n) is 2.10. The van der Waals surface area contributed by atoms with E-state index in [0.29, 0.717) is 11.4 Å². The van der Waals surface area contributed by atoms with Crippen molar-refractivity contribution in [3.05, 3.63) is 34.7 Å². The van der Waals surface area contributed by atoms with Crippen molar-refractivity contribution in [1.82, 2.24) is 10.3 Å². The summed E-state index contributed by atoms with van der Waals surface area (Å²) in [7, 11) is 1.78. The molecule has 0 aliphatic carbocycles. The highest BCUT2D eigenvalue weighted by Crippen LogP contribution is 2.31. The molecule has 0 aliphatic rings. The lowest BCUT2D eigenvalue weighted by Gasteiger charge is -2.15. The van der Waals surface area contributed by atoms with E-state index in [1.54, 1.807) is 11.9 Å². The minimum Gasteiger partial charge on any atom is -0.369 e. The Balaban J connectivity index is 2.42. The average molecular weight is 292 g/mol. The molecule has 2 aromatic rings. The van der Waals surface area contributed by atoms with Crippen LogP contribution in [0.4, 0.5) is 0 Å². The predicted molar refractivity (Wildman–Crippen MR) is 79.0 cm³/mol. The molecule has 0 saturated carbocycles. The van der Waals surface area contributed by atoms with Crippen molar-refractivity contribution in [1.29, 1.82) is 0 Å². The number of carbonyl (C=O) groups excluding carboxylic acids is 2. The Kier molecular flexibility index (Phi) is 4.33. The van der Waals surface area contributed by atoms with E-state index in [1.165, 1.54) is 11.3 Å². The first-order chi connectivity index (χ1) is 9.52. The number of amides is 2. The molecule has 0 unspecified atom stereocenters. The second-order valence-electron chi connectivity index (χ2n) is 4.52. The molecule has 1 aromatic carbocycles. The molecule has 6 nitrogen and oxygen atoms in total. The van der Waals surface area contributed by atoms with Gasteiger partial charge in [-0.3, -0.25) is 19.9 Å². The minimum atomic E-state index is -0.406. The van der Waals surface area contributed by atoms with Gasteiger partial charge in [-0.05, 0) is 24.1 Å². The number of hydrogen-bond donors (Lipinski definition) is 3. The lowest BCUT2D eigenvalue weighted by Crippen LogP contribution is -2.32. The zero-order valence-electron chi connectivity index (χ0n) is 11.1. The van der Waals surface area contributed by atoms with E-state index >= 15 is 0 Å². The number of hydrazine groups is 1. The largest absolute Gasteiger partial charge is 0.369 e. The number of hydrogen-bond acceptors (Lipinski definition) is 5. The number of likely N-dealkylation sites (N-methyl/N-ethyl adjacent to an activating group) is 1. The third kappa shape index (κ3) is 2.96. The van der Waals surface area contributed by atoms with Crippen molar-refractivity contribution in [2.24, 2.45) is 11.6 Å². The van der Waals surface area contributed by atoms with Crippen molar-refractivity contribution in [2.75, 3.05) is 13.6 Å². The standard InChI is InChI=1S/C13H16N4O2S/c1-17(7-11(14)18)6-9-8-4-2-3-5-10(8)20-12(9)13(19)16-15/h2-5H,6-7,15H2,1H3,(H2,14,18)(H,16,19). The molecule has 0 radical (unpaired) electrons. The topological polar surface area (TPSA) is 101 Å². The molecule has 0 fully saturated rings. The van der Waals surface area contributed by atoms with Gasteiger partial charge in [0.25, 0.3) is 5.91 Å². The summed E-state index contributed by atoms with van der Waals surface area (Å²) in [6.07, 6.45) is 0. The monoisotopic (exact) mass is 292 g/mol. The molecule has 0 spiro atoms. The van der Waals surface area contributed by atoms with E-state index < -0.39 is 5.91 Å². The fourth-order valence-corrected chi connectivity index (χ4v) is 3.21. The Morgan fingerprint density at radius 1 is 1.35 bits per heavy atom. The van der Waals surface area contributed by atoms with E-state index in [1.807, 2.05) is 24.3 Å². The number of benzene rings is 1. The lowest BCUT2D eigenvalue weighted by molar-refractivity contribution is -0.118. The zero-order valence-corrected chi connectivity index (χ0v) is 11.9. The summed E-state index contributed by atoms with van der Waals surface area (Å²) in [4.78, 5) is 25.2. The molecule has 1 aromatic heterocycles. The first kappa shape index (κ1) is 14.4. The molecular weight excluding hydrogens is 276 g/mol. The molecule has 1 heterocycles. The second kappa shape index (κ2) is 6.00. The molecule has 5 N–H and O–H groups in total. The highest BCUT2D eigenvalue weighted by atomic mass is 32.1. The van der Waals surface area contributed by atoms with E-state index in [2.05, 4.69) is 5.43 Å². The Labute approximate surface area is 120 Å². The van der Waals surface area contributed by atoms with Crippen LogP contribution in [0.2, 0.25) is 0 Å². The van der Waals surface area contributed by atoms with Crippen LogP contribution < -0.4 is 17.0 Å². The van der Waals surface area contributed by atoms with Gasteiger partial charge in [0.15, 0.2) is 0 Å². The summed E-state index contributed by atoms with van der Waals surface area (Å²) in [6.45, 7) is 0.587. The molecule has 20 heavy (non-hydrogen) atoms. The van der Waals surface area contributed by atoms with Crippen LogP contribution in [0.5, 0.6) is 0 Å². The summed E-state index contributed by atoms with van der Waals surface area (Å²) in [5.41, 5.74) is 8.20. The maximum Gasteiger partial charge on any atom is 0.275 e. The molecule has 0 saturated heterocycles. The van der Waals surface area contributed by atoms with Crippen LogP contribution in [-0.4, -0.2) is 30.3 Å². The maximum atomic E-state index is 11.9. The third-order valence-electron chi connectivity index (χ3n) is 2.89. The molecular formula is C13H16N4O2S. The summed E-state index contributed by atoms with van der Waals surface area (Å²) in [5, 5.41) is 0.993. The second-order valence-corrected chi connectivity index (χ2v) is 5.57.